The number of rotatable bonds is 8. The lowest BCUT2D eigenvalue weighted by atomic mass is 9.77. The van der Waals surface area contributed by atoms with Crippen LogP contribution < -0.4 is 5.32 Å². The van der Waals surface area contributed by atoms with Gasteiger partial charge in [0.2, 0.25) is 5.91 Å². The van der Waals surface area contributed by atoms with Gasteiger partial charge in [0, 0.05) is 0 Å². The maximum atomic E-state index is 14.6. The number of carbonyl (C=O) groups excluding carboxylic acids is 2. The van der Waals surface area contributed by atoms with Crippen LogP contribution in [0.15, 0.2) is 42.0 Å². The molecule has 0 radical (unpaired) electrons. The number of halogens is 4. The number of amides is 1. The van der Waals surface area contributed by atoms with Gasteiger partial charge in [0.25, 0.3) is 0 Å². The summed E-state index contributed by atoms with van der Waals surface area (Å²) in [7, 11) is 0. The molecule has 0 bridgehead atoms. The van der Waals surface area contributed by atoms with Crippen molar-refractivity contribution in [3.63, 3.8) is 0 Å². The summed E-state index contributed by atoms with van der Waals surface area (Å²) >= 11 is 0. The van der Waals surface area contributed by atoms with Crippen molar-refractivity contribution in [3.8, 4) is 0 Å². The largest absolute Gasteiger partial charge is 0.460 e. The third-order valence-electron chi connectivity index (χ3n) is 6.95. The van der Waals surface area contributed by atoms with E-state index in [9.17, 15) is 27.2 Å². The van der Waals surface area contributed by atoms with Gasteiger partial charge in [-0.25, -0.2) is 4.39 Å². The number of ether oxygens (including phenoxy) is 1. The first-order valence-corrected chi connectivity index (χ1v) is 12.4. The number of benzene rings is 1. The molecule has 4 nitrogen and oxygen atoms in total. The van der Waals surface area contributed by atoms with Crippen LogP contribution in [0.4, 0.5) is 23.2 Å². The first-order chi connectivity index (χ1) is 16.6. The quantitative estimate of drug-likeness (QED) is 0.299. The van der Waals surface area contributed by atoms with Crippen molar-refractivity contribution < 1.29 is 31.9 Å². The van der Waals surface area contributed by atoms with Crippen molar-refractivity contribution in [1.29, 1.82) is 0 Å². The van der Waals surface area contributed by atoms with Crippen LogP contribution in [0, 0.1) is 29.0 Å². The van der Waals surface area contributed by atoms with Gasteiger partial charge in [-0.2, -0.15) is 13.2 Å². The molecule has 198 valence electrons. The fourth-order valence-corrected chi connectivity index (χ4v) is 4.58. The molecule has 1 N–H and O–H groups in total. The van der Waals surface area contributed by atoms with Gasteiger partial charge in [0.05, 0.1) is 22.9 Å². The van der Waals surface area contributed by atoms with E-state index in [-0.39, 0.29) is 11.7 Å². The fourth-order valence-electron chi connectivity index (χ4n) is 4.58. The number of allylic oxidation sites excluding steroid dienone is 4. The SMILES string of the molecule is CCC1=CCC(C(C(=O)Nc2cc(CC3(C(=O)OC(C)(C)C)CC3)ccc2F)C(C)C(F)(F)F)C=C1. The predicted octanol–water partition coefficient (Wildman–Crippen LogP) is 7.16. The minimum Gasteiger partial charge on any atom is -0.460 e. The second kappa shape index (κ2) is 10.4. The average molecular weight is 510 g/mol. The van der Waals surface area contributed by atoms with Crippen LogP contribution in [-0.4, -0.2) is 23.7 Å². The fraction of sp³-hybridized carbons (Fsp3) is 0.571. The van der Waals surface area contributed by atoms with E-state index in [1.165, 1.54) is 12.1 Å². The summed E-state index contributed by atoms with van der Waals surface area (Å²) in [4.78, 5) is 25.8. The van der Waals surface area contributed by atoms with Crippen LogP contribution in [-0.2, 0) is 20.7 Å². The second-order valence-corrected chi connectivity index (χ2v) is 11.0. The topological polar surface area (TPSA) is 55.4 Å². The first-order valence-electron chi connectivity index (χ1n) is 12.4. The van der Waals surface area contributed by atoms with Gasteiger partial charge in [-0.15, -0.1) is 0 Å². The number of nitrogens with one attached hydrogen (secondary N) is 1. The molecule has 0 aliphatic heterocycles. The molecule has 1 amide bonds. The van der Waals surface area contributed by atoms with Crippen molar-refractivity contribution in [3.05, 3.63) is 53.4 Å². The van der Waals surface area contributed by atoms with Crippen LogP contribution in [0.3, 0.4) is 0 Å². The summed E-state index contributed by atoms with van der Waals surface area (Å²) in [5.41, 5.74) is 0.0721. The molecular formula is C28H35F4NO3. The first kappa shape index (κ1) is 27.9. The Morgan fingerprint density at radius 1 is 1.19 bits per heavy atom. The summed E-state index contributed by atoms with van der Waals surface area (Å²) < 4.78 is 61.2. The predicted molar refractivity (Wildman–Crippen MR) is 131 cm³/mol. The van der Waals surface area contributed by atoms with Gasteiger partial charge in [-0.3, -0.25) is 9.59 Å². The lowest BCUT2D eigenvalue weighted by Crippen LogP contribution is -2.40. The highest BCUT2D eigenvalue weighted by molar-refractivity contribution is 5.93. The van der Waals surface area contributed by atoms with Crippen molar-refractivity contribution in [2.45, 2.75) is 78.5 Å². The standard InChI is InChI=1S/C28H35F4NO3/c1-6-18-7-10-20(11-8-18)23(17(2)28(30,31)32)24(34)33-22-15-19(9-12-21(22)29)16-27(13-14-27)25(35)36-26(3,4)5/h7-10,12,15,17,20,23H,6,11,13-14,16H2,1-5H3,(H,33,34). The van der Waals surface area contributed by atoms with E-state index >= 15 is 0 Å². The van der Waals surface area contributed by atoms with E-state index in [0.29, 0.717) is 31.2 Å². The Morgan fingerprint density at radius 3 is 2.36 bits per heavy atom. The smallest absolute Gasteiger partial charge is 0.392 e. The van der Waals surface area contributed by atoms with E-state index in [2.05, 4.69) is 5.32 Å². The summed E-state index contributed by atoms with van der Waals surface area (Å²) in [6, 6.07) is 4.08. The lowest BCUT2D eigenvalue weighted by molar-refractivity contribution is -0.188. The zero-order chi connectivity index (χ0) is 26.9. The zero-order valence-corrected chi connectivity index (χ0v) is 21.5. The lowest BCUT2D eigenvalue weighted by Gasteiger charge is -2.31. The maximum absolute atomic E-state index is 14.6. The summed E-state index contributed by atoms with van der Waals surface area (Å²) in [5.74, 6) is -5.96. The molecule has 3 unspecified atom stereocenters. The van der Waals surface area contributed by atoms with Crippen LogP contribution in [0.2, 0.25) is 0 Å². The molecule has 3 rings (SSSR count). The third-order valence-corrected chi connectivity index (χ3v) is 6.95. The highest BCUT2D eigenvalue weighted by atomic mass is 19.4. The summed E-state index contributed by atoms with van der Waals surface area (Å²) in [6.07, 6.45) is 3.28. The molecule has 2 aliphatic carbocycles. The number of hydrogen-bond donors (Lipinski definition) is 1. The van der Waals surface area contributed by atoms with Crippen molar-refractivity contribution in [1.82, 2.24) is 0 Å². The van der Waals surface area contributed by atoms with E-state index in [4.69, 9.17) is 4.74 Å². The maximum Gasteiger partial charge on any atom is 0.392 e. The van der Waals surface area contributed by atoms with E-state index in [0.717, 1.165) is 25.0 Å². The zero-order valence-electron chi connectivity index (χ0n) is 21.5. The number of carbonyl (C=O) groups is 2. The highest BCUT2D eigenvalue weighted by Gasteiger charge is 2.52. The van der Waals surface area contributed by atoms with Crippen LogP contribution >= 0.6 is 0 Å². The Hall–Kier alpha value is -2.64. The molecule has 0 heterocycles. The summed E-state index contributed by atoms with van der Waals surface area (Å²) in [5, 5.41) is 2.42. The molecule has 0 aromatic heterocycles. The molecule has 0 saturated heterocycles. The van der Waals surface area contributed by atoms with Gasteiger partial charge >= 0.3 is 12.1 Å². The van der Waals surface area contributed by atoms with Crippen LogP contribution in [0.1, 0.15) is 65.9 Å². The van der Waals surface area contributed by atoms with Gasteiger partial charge in [-0.05, 0) is 76.5 Å². The minimum atomic E-state index is -4.59. The monoisotopic (exact) mass is 509 g/mol. The Morgan fingerprint density at radius 2 is 1.86 bits per heavy atom. The van der Waals surface area contributed by atoms with E-state index in [1.807, 2.05) is 13.0 Å². The molecule has 1 aromatic carbocycles. The number of hydrogen-bond acceptors (Lipinski definition) is 3. The minimum absolute atomic E-state index is 0.193. The normalized spacial score (nSPS) is 20.8. The van der Waals surface area contributed by atoms with Gasteiger partial charge in [0.1, 0.15) is 11.4 Å². The average Bonchev–Trinajstić information content (AvgIpc) is 3.56. The molecule has 2 aliphatic rings. The summed E-state index contributed by atoms with van der Waals surface area (Å²) in [6.45, 7) is 8.28. The molecule has 1 saturated carbocycles. The Labute approximate surface area is 210 Å². The Balaban J connectivity index is 1.80. The Bertz CT molecular complexity index is 1050. The molecule has 1 fully saturated rings. The van der Waals surface area contributed by atoms with E-state index in [1.54, 1.807) is 32.9 Å². The van der Waals surface area contributed by atoms with Crippen molar-refractivity contribution in [2.75, 3.05) is 5.32 Å². The molecule has 1 aromatic rings. The molecule has 0 spiro atoms. The molecular weight excluding hydrogens is 474 g/mol. The van der Waals surface area contributed by atoms with Crippen LogP contribution in [0.5, 0.6) is 0 Å². The molecule has 36 heavy (non-hydrogen) atoms. The number of alkyl halides is 3. The van der Waals surface area contributed by atoms with Crippen LogP contribution in [0.25, 0.3) is 0 Å². The molecule has 3 atom stereocenters. The number of anilines is 1. The van der Waals surface area contributed by atoms with Gasteiger partial charge in [0.15, 0.2) is 0 Å². The third kappa shape index (κ3) is 6.77. The van der Waals surface area contributed by atoms with Crippen molar-refractivity contribution >= 4 is 17.6 Å². The highest BCUT2D eigenvalue weighted by Crippen LogP contribution is 2.50. The van der Waals surface area contributed by atoms with E-state index < -0.39 is 46.7 Å². The van der Waals surface area contributed by atoms with Gasteiger partial charge < -0.3 is 10.1 Å². The second-order valence-electron chi connectivity index (χ2n) is 11.0. The number of esters is 1. The molecule has 8 heteroatoms. The Kier molecular flexibility index (Phi) is 8.06. The van der Waals surface area contributed by atoms with Gasteiger partial charge in [-0.1, -0.05) is 43.7 Å². The van der Waals surface area contributed by atoms with Crippen molar-refractivity contribution in [2.24, 2.45) is 23.2 Å².